The number of aryl methyl sites for hydroxylation is 1. The fourth-order valence-corrected chi connectivity index (χ4v) is 4.78. The Balaban J connectivity index is 1.39. The maximum atomic E-state index is 13.0. The van der Waals surface area contributed by atoms with Crippen molar-refractivity contribution in [3.63, 3.8) is 0 Å². The summed E-state index contributed by atoms with van der Waals surface area (Å²) in [6.45, 7) is 3.37. The second-order valence-corrected chi connectivity index (χ2v) is 8.01. The highest BCUT2D eigenvalue weighted by molar-refractivity contribution is 7.21. The van der Waals surface area contributed by atoms with E-state index in [2.05, 4.69) is 17.4 Å². The lowest BCUT2D eigenvalue weighted by atomic mass is 10.0. The van der Waals surface area contributed by atoms with E-state index >= 15 is 0 Å². The topological polar surface area (TPSA) is 49.4 Å². The highest BCUT2D eigenvalue weighted by Crippen LogP contribution is 2.32. The maximum Gasteiger partial charge on any atom is 0.264 e. The second-order valence-electron chi connectivity index (χ2n) is 6.96. The van der Waals surface area contributed by atoms with Gasteiger partial charge in [0.25, 0.3) is 11.8 Å². The van der Waals surface area contributed by atoms with Gasteiger partial charge in [-0.1, -0.05) is 36.4 Å². The Labute approximate surface area is 162 Å². The van der Waals surface area contributed by atoms with Gasteiger partial charge >= 0.3 is 0 Å². The number of thiophene rings is 1. The maximum absolute atomic E-state index is 13.0. The lowest BCUT2D eigenvalue weighted by Crippen LogP contribution is -2.46. The molecule has 27 heavy (non-hydrogen) atoms. The third-order valence-electron chi connectivity index (χ3n) is 5.19. The van der Waals surface area contributed by atoms with Crippen molar-refractivity contribution in [3.8, 4) is 0 Å². The second kappa shape index (κ2) is 7.53. The summed E-state index contributed by atoms with van der Waals surface area (Å²) in [6, 6.07) is 17.5. The van der Waals surface area contributed by atoms with Gasteiger partial charge in [0.05, 0.1) is 4.88 Å². The number of benzene rings is 2. The zero-order valence-corrected chi connectivity index (χ0v) is 16.1. The number of nitrogens with zero attached hydrogens (tertiary/aromatic N) is 1. The number of amides is 2. The molecule has 0 aliphatic carbocycles. The van der Waals surface area contributed by atoms with Crippen LogP contribution in [0.1, 0.15) is 38.4 Å². The van der Waals surface area contributed by atoms with Gasteiger partial charge in [-0.05, 0) is 48.9 Å². The van der Waals surface area contributed by atoms with Crippen LogP contribution in [0.2, 0.25) is 0 Å². The first kappa shape index (κ1) is 17.7. The molecule has 1 fully saturated rings. The molecule has 4 rings (SSSR count). The SMILES string of the molecule is Cc1c(C(=O)N2CCC(NC(=O)c3ccccc3)CC2)sc2ccccc12. The summed E-state index contributed by atoms with van der Waals surface area (Å²) in [5.41, 5.74) is 1.75. The molecular weight excluding hydrogens is 356 g/mol. The van der Waals surface area contributed by atoms with E-state index in [1.165, 1.54) is 0 Å². The molecule has 1 aromatic heterocycles. The number of nitrogens with one attached hydrogen (secondary N) is 1. The highest BCUT2D eigenvalue weighted by atomic mass is 32.1. The van der Waals surface area contributed by atoms with E-state index in [1.54, 1.807) is 11.3 Å². The first-order chi connectivity index (χ1) is 13.1. The summed E-state index contributed by atoms with van der Waals surface area (Å²) in [5, 5.41) is 4.26. The Morgan fingerprint density at radius 3 is 2.37 bits per heavy atom. The predicted molar refractivity (Wildman–Crippen MR) is 109 cm³/mol. The molecule has 4 nitrogen and oxygen atoms in total. The number of hydrogen-bond donors (Lipinski definition) is 1. The minimum absolute atomic E-state index is 0.0410. The fourth-order valence-electron chi connectivity index (χ4n) is 3.61. The van der Waals surface area contributed by atoms with E-state index in [0.29, 0.717) is 18.7 Å². The number of hydrogen-bond acceptors (Lipinski definition) is 3. The molecule has 3 aromatic rings. The molecule has 1 aliphatic heterocycles. The number of carbonyl (C=O) groups excluding carboxylic acids is 2. The van der Waals surface area contributed by atoms with Crippen LogP contribution < -0.4 is 5.32 Å². The Bertz CT molecular complexity index is 972. The van der Waals surface area contributed by atoms with E-state index in [9.17, 15) is 9.59 Å². The molecule has 2 heterocycles. The van der Waals surface area contributed by atoms with Gasteiger partial charge in [-0.15, -0.1) is 11.3 Å². The summed E-state index contributed by atoms with van der Waals surface area (Å²) in [4.78, 5) is 28.0. The first-order valence-corrected chi connectivity index (χ1v) is 10.1. The van der Waals surface area contributed by atoms with Gasteiger partial charge in [-0.3, -0.25) is 9.59 Å². The van der Waals surface area contributed by atoms with Gasteiger partial charge in [0.2, 0.25) is 0 Å². The Morgan fingerprint density at radius 2 is 1.67 bits per heavy atom. The largest absolute Gasteiger partial charge is 0.349 e. The Morgan fingerprint density at radius 1 is 1.00 bits per heavy atom. The van der Waals surface area contributed by atoms with Crippen LogP contribution >= 0.6 is 11.3 Å². The van der Waals surface area contributed by atoms with Crippen molar-refractivity contribution in [2.75, 3.05) is 13.1 Å². The fraction of sp³-hybridized carbons (Fsp3) is 0.273. The predicted octanol–water partition coefficient (Wildman–Crippen LogP) is 4.24. The van der Waals surface area contributed by atoms with Crippen molar-refractivity contribution in [3.05, 3.63) is 70.6 Å². The summed E-state index contributed by atoms with van der Waals surface area (Å²) in [6.07, 6.45) is 1.57. The number of piperidine rings is 1. The van der Waals surface area contributed by atoms with Crippen LogP contribution in [0, 0.1) is 6.92 Å². The molecule has 2 amide bonds. The van der Waals surface area contributed by atoms with Gasteiger partial charge in [-0.2, -0.15) is 0 Å². The minimum Gasteiger partial charge on any atom is -0.349 e. The molecule has 0 saturated carbocycles. The van der Waals surface area contributed by atoms with Crippen molar-refractivity contribution < 1.29 is 9.59 Å². The first-order valence-electron chi connectivity index (χ1n) is 9.27. The van der Waals surface area contributed by atoms with E-state index in [0.717, 1.165) is 33.4 Å². The summed E-state index contributed by atoms with van der Waals surface area (Å²) in [7, 11) is 0. The normalized spacial score (nSPS) is 15.1. The molecular formula is C22H22N2O2S. The van der Waals surface area contributed by atoms with Crippen LogP contribution in [0.3, 0.4) is 0 Å². The monoisotopic (exact) mass is 378 g/mol. The Kier molecular flexibility index (Phi) is 4.94. The molecule has 5 heteroatoms. The van der Waals surface area contributed by atoms with Crippen LogP contribution in [0.5, 0.6) is 0 Å². The Hall–Kier alpha value is -2.66. The number of rotatable bonds is 3. The van der Waals surface area contributed by atoms with Crippen LogP contribution in [0.4, 0.5) is 0 Å². The smallest absolute Gasteiger partial charge is 0.264 e. The zero-order chi connectivity index (χ0) is 18.8. The van der Waals surface area contributed by atoms with Crippen LogP contribution in [0.15, 0.2) is 54.6 Å². The van der Waals surface area contributed by atoms with E-state index in [1.807, 2.05) is 54.3 Å². The average molecular weight is 378 g/mol. The minimum atomic E-state index is -0.0410. The van der Waals surface area contributed by atoms with Gasteiger partial charge in [0.1, 0.15) is 0 Å². The van der Waals surface area contributed by atoms with E-state index in [4.69, 9.17) is 0 Å². The standard InChI is InChI=1S/C22H22N2O2S/c1-15-18-9-5-6-10-19(18)27-20(15)22(26)24-13-11-17(12-14-24)23-21(25)16-7-3-2-4-8-16/h2-10,17H,11-14H2,1H3,(H,23,25). The molecule has 1 saturated heterocycles. The van der Waals surface area contributed by atoms with Gasteiger partial charge in [-0.25, -0.2) is 0 Å². The van der Waals surface area contributed by atoms with E-state index < -0.39 is 0 Å². The molecule has 2 aromatic carbocycles. The quantitative estimate of drug-likeness (QED) is 0.741. The van der Waals surface area contributed by atoms with Crippen LogP contribution in [0.25, 0.3) is 10.1 Å². The van der Waals surface area contributed by atoms with Crippen LogP contribution in [-0.2, 0) is 0 Å². The third-order valence-corrected chi connectivity index (χ3v) is 6.45. The average Bonchev–Trinajstić information content (AvgIpc) is 3.05. The molecule has 0 spiro atoms. The summed E-state index contributed by atoms with van der Waals surface area (Å²) < 4.78 is 1.16. The molecule has 1 N–H and O–H groups in total. The van der Waals surface area contributed by atoms with Crippen molar-refractivity contribution in [1.82, 2.24) is 10.2 Å². The molecule has 0 atom stereocenters. The lowest BCUT2D eigenvalue weighted by molar-refractivity contribution is 0.0702. The number of fused-ring (bicyclic) bond motifs is 1. The van der Waals surface area contributed by atoms with Crippen molar-refractivity contribution in [2.24, 2.45) is 0 Å². The molecule has 0 radical (unpaired) electrons. The third kappa shape index (κ3) is 3.60. The number of carbonyl (C=O) groups is 2. The van der Waals surface area contributed by atoms with Gasteiger partial charge in [0.15, 0.2) is 0 Å². The number of likely N-dealkylation sites (tertiary alicyclic amines) is 1. The summed E-state index contributed by atoms with van der Waals surface area (Å²) >= 11 is 1.57. The highest BCUT2D eigenvalue weighted by Gasteiger charge is 2.27. The lowest BCUT2D eigenvalue weighted by Gasteiger charge is -2.32. The molecule has 0 bridgehead atoms. The van der Waals surface area contributed by atoms with Crippen LogP contribution in [-0.4, -0.2) is 35.8 Å². The molecule has 1 aliphatic rings. The zero-order valence-electron chi connectivity index (χ0n) is 15.3. The summed E-state index contributed by atoms with van der Waals surface area (Å²) in [5.74, 6) is 0.0715. The molecule has 0 unspecified atom stereocenters. The van der Waals surface area contributed by atoms with Gasteiger partial charge < -0.3 is 10.2 Å². The van der Waals surface area contributed by atoms with Crippen molar-refractivity contribution in [2.45, 2.75) is 25.8 Å². The molecule has 138 valence electrons. The van der Waals surface area contributed by atoms with E-state index in [-0.39, 0.29) is 17.9 Å². The van der Waals surface area contributed by atoms with Crippen molar-refractivity contribution in [1.29, 1.82) is 0 Å². The van der Waals surface area contributed by atoms with Gasteiger partial charge in [0, 0.05) is 29.4 Å². The van der Waals surface area contributed by atoms with Crippen molar-refractivity contribution >= 4 is 33.2 Å².